The fourth-order valence-electron chi connectivity index (χ4n) is 1.19. The van der Waals surface area contributed by atoms with Gasteiger partial charge in [-0.15, -0.1) is 0 Å². The maximum Gasteiger partial charge on any atom is 0.200 e. The molecule has 0 amide bonds. The molecule has 7 heteroatoms. The van der Waals surface area contributed by atoms with Crippen LogP contribution < -0.4 is 0 Å². The predicted molar refractivity (Wildman–Crippen MR) is 58.6 cm³/mol. The SMILES string of the molecule is CC(CO)CSCc1c(F)c(F)c(F)c(F)c1F. The molecule has 0 saturated carbocycles. The molecule has 1 rings (SSSR count). The van der Waals surface area contributed by atoms with Gasteiger partial charge in [0, 0.05) is 17.9 Å². The minimum Gasteiger partial charge on any atom is -0.396 e. The minimum atomic E-state index is -2.15. The smallest absolute Gasteiger partial charge is 0.200 e. The van der Waals surface area contributed by atoms with Crippen LogP contribution in [0.1, 0.15) is 12.5 Å². The second kappa shape index (κ2) is 6.38. The van der Waals surface area contributed by atoms with Gasteiger partial charge in [-0.2, -0.15) is 11.8 Å². The van der Waals surface area contributed by atoms with Crippen LogP contribution in [0, 0.1) is 35.0 Å². The Morgan fingerprint density at radius 3 is 1.83 bits per heavy atom. The van der Waals surface area contributed by atoms with E-state index in [4.69, 9.17) is 5.11 Å². The highest BCUT2D eigenvalue weighted by molar-refractivity contribution is 7.98. The Bertz CT molecular complexity index is 409. The zero-order valence-corrected chi connectivity index (χ0v) is 10.3. The van der Waals surface area contributed by atoms with Crippen molar-refractivity contribution in [3.8, 4) is 0 Å². The van der Waals surface area contributed by atoms with Gasteiger partial charge in [0.1, 0.15) is 0 Å². The van der Waals surface area contributed by atoms with E-state index in [0.717, 1.165) is 11.8 Å². The molecule has 102 valence electrons. The van der Waals surface area contributed by atoms with Gasteiger partial charge in [0.2, 0.25) is 5.82 Å². The Morgan fingerprint density at radius 2 is 1.39 bits per heavy atom. The standard InChI is InChI=1S/C11H11F5OS/c1-5(2-17)3-18-4-6-7(12)9(14)11(16)10(15)8(6)13/h5,17H,2-4H2,1H3. The molecular weight excluding hydrogens is 275 g/mol. The quantitative estimate of drug-likeness (QED) is 0.509. The third-order valence-corrected chi connectivity index (χ3v) is 3.56. The van der Waals surface area contributed by atoms with Crippen LogP contribution in [0.2, 0.25) is 0 Å². The van der Waals surface area contributed by atoms with Crippen molar-refractivity contribution < 1.29 is 27.1 Å². The van der Waals surface area contributed by atoms with Crippen molar-refractivity contribution in [2.24, 2.45) is 5.92 Å². The molecule has 1 unspecified atom stereocenters. The lowest BCUT2D eigenvalue weighted by atomic mass is 10.2. The number of benzene rings is 1. The number of thioether (sulfide) groups is 1. The predicted octanol–water partition coefficient (Wildman–Crippen LogP) is 3.24. The van der Waals surface area contributed by atoms with Crippen molar-refractivity contribution in [1.82, 2.24) is 0 Å². The summed E-state index contributed by atoms with van der Waals surface area (Å²) in [6, 6.07) is 0. The maximum absolute atomic E-state index is 13.2. The Labute approximate surface area is 105 Å². The Kier molecular flexibility index (Phi) is 5.40. The number of hydrogen-bond donors (Lipinski definition) is 1. The molecule has 1 atom stereocenters. The third kappa shape index (κ3) is 3.14. The van der Waals surface area contributed by atoms with Gasteiger partial charge in [-0.3, -0.25) is 0 Å². The van der Waals surface area contributed by atoms with Gasteiger partial charge >= 0.3 is 0 Å². The molecule has 1 nitrogen and oxygen atoms in total. The highest BCUT2D eigenvalue weighted by atomic mass is 32.2. The van der Waals surface area contributed by atoms with Gasteiger partial charge < -0.3 is 5.11 Å². The molecule has 0 radical (unpaired) electrons. The first kappa shape index (κ1) is 15.2. The van der Waals surface area contributed by atoms with Crippen molar-refractivity contribution in [1.29, 1.82) is 0 Å². The van der Waals surface area contributed by atoms with E-state index in [9.17, 15) is 22.0 Å². The van der Waals surface area contributed by atoms with Crippen molar-refractivity contribution in [3.63, 3.8) is 0 Å². The van der Waals surface area contributed by atoms with E-state index in [1.807, 2.05) is 0 Å². The summed E-state index contributed by atoms with van der Waals surface area (Å²) in [6.07, 6.45) is 0. The molecule has 0 fully saturated rings. The molecule has 1 aromatic carbocycles. The summed E-state index contributed by atoms with van der Waals surface area (Å²) in [5.74, 6) is -9.70. The first-order valence-corrected chi connectivity index (χ1v) is 6.24. The number of rotatable bonds is 5. The molecule has 1 aromatic rings. The highest BCUT2D eigenvalue weighted by Crippen LogP contribution is 2.26. The molecule has 18 heavy (non-hydrogen) atoms. The number of halogens is 5. The second-order valence-corrected chi connectivity index (χ2v) is 4.88. The summed E-state index contributed by atoms with van der Waals surface area (Å²) in [5.41, 5.74) is -0.832. The molecule has 1 N–H and O–H groups in total. The lowest BCUT2D eigenvalue weighted by molar-refractivity contribution is 0.250. The molecule has 0 saturated heterocycles. The fourth-order valence-corrected chi connectivity index (χ4v) is 2.28. The summed E-state index contributed by atoms with van der Waals surface area (Å²) < 4.78 is 64.9. The second-order valence-electron chi connectivity index (χ2n) is 3.85. The molecule has 0 aliphatic heterocycles. The van der Waals surface area contributed by atoms with Crippen molar-refractivity contribution in [2.75, 3.05) is 12.4 Å². The third-order valence-electron chi connectivity index (χ3n) is 2.26. The van der Waals surface area contributed by atoms with Crippen LogP contribution in [0.5, 0.6) is 0 Å². The Morgan fingerprint density at radius 1 is 0.944 bits per heavy atom. The summed E-state index contributed by atoms with van der Waals surface area (Å²) in [6.45, 7) is 1.59. The van der Waals surface area contributed by atoms with Crippen LogP contribution in [0.4, 0.5) is 22.0 Å². The molecule has 0 heterocycles. The van der Waals surface area contributed by atoms with Crippen LogP contribution in [-0.2, 0) is 5.75 Å². The normalized spacial score (nSPS) is 12.8. The van der Waals surface area contributed by atoms with Crippen molar-refractivity contribution in [2.45, 2.75) is 12.7 Å². The zero-order chi connectivity index (χ0) is 13.9. The lowest BCUT2D eigenvalue weighted by Crippen LogP contribution is -2.08. The molecule has 0 aromatic heterocycles. The topological polar surface area (TPSA) is 20.2 Å². The highest BCUT2D eigenvalue weighted by Gasteiger charge is 2.25. The number of aliphatic hydroxyl groups excluding tert-OH is 1. The van der Waals surface area contributed by atoms with E-state index < -0.39 is 34.6 Å². The van der Waals surface area contributed by atoms with Gasteiger partial charge in [0.05, 0.1) is 0 Å². The van der Waals surface area contributed by atoms with Gasteiger partial charge in [0.25, 0.3) is 0 Å². The first-order chi connectivity index (χ1) is 8.40. The number of hydrogen-bond acceptors (Lipinski definition) is 2. The average molecular weight is 286 g/mol. The molecule has 0 bridgehead atoms. The fraction of sp³-hybridized carbons (Fsp3) is 0.455. The monoisotopic (exact) mass is 286 g/mol. The average Bonchev–Trinajstić information content (AvgIpc) is 2.37. The van der Waals surface area contributed by atoms with E-state index in [2.05, 4.69) is 0 Å². The molecule has 0 aliphatic rings. The van der Waals surface area contributed by atoms with Crippen molar-refractivity contribution in [3.05, 3.63) is 34.6 Å². The van der Waals surface area contributed by atoms with Crippen LogP contribution in [-0.4, -0.2) is 17.5 Å². The van der Waals surface area contributed by atoms with Gasteiger partial charge in [0.15, 0.2) is 23.3 Å². The van der Waals surface area contributed by atoms with E-state index in [1.54, 1.807) is 6.92 Å². The van der Waals surface area contributed by atoms with E-state index in [-0.39, 0.29) is 18.3 Å². The number of aliphatic hydroxyl groups is 1. The van der Waals surface area contributed by atoms with Crippen molar-refractivity contribution >= 4 is 11.8 Å². The van der Waals surface area contributed by atoms with Crippen LogP contribution in [0.15, 0.2) is 0 Å². The van der Waals surface area contributed by atoms with E-state index >= 15 is 0 Å². The Hall–Kier alpha value is -0.820. The van der Waals surface area contributed by atoms with E-state index in [0.29, 0.717) is 5.75 Å². The van der Waals surface area contributed by atoms with Crippen LogP contribution in [0.25, 0.3) is 0 Å². The Balaban J connectivity index is 2.89. The maximum atomic E-state index is 13.2. The largest absolute Gasteiger partial charge is 0.396 e. The van der Waals surface area contributed by atoms with Crippen LogP contribution in [0.3, 0.4) is 0 Å². The van der Waals surface area contributed by atoms with Gasteiger partial charge in [-0.05, 0) is 11.7 Å². The van der Waals surface area contributed by atoms with Crippen LogP contribution >= 0.6 is 11.8 Å². The minimum absolute atomic E-state index is 0.107. The summed E-state index contributed by atoms with van der Waals surface area (Å²) in [5, 5.41) is 8.73. The summed E-state index contributed by atoms with van der Waals surface area (Å²) in [4.78, 5) is 0. The first-order valence-electron chi connectivity index (χ1n) is 5.09. The summed E-state index contributed by atoms with van der Waals surface area (Å²) in [7, 11) is 0. The zero-order valence-electron chi connectivity index (χ0n) is 9.44. The van der Waals surface area contributed by atoms with Gasteiger partial charge in [-0.1, -0.05) is 6.92 Å². The summed E-state index contributed by atoms with van der Waals surface area (Å²) >= 11 is 0.995. The molecule has 0 aliphatic carbocycles. The lowest BCUT2D eigenvalue weighted by Gasteiger charge is -2.10. The molecule has 0 spiro atoms. The van der Waals surface area contributed by atoms with Gasteiger partial charge in [-0.25, -0.2) is 22.0 Å². The molecular formula is C11H11F5OS. The van der Waals surface area contributed by atoms with E-state index in [1.165, 1.54) is 0 Å².